The van der Waals surface area contributed by atoms with E-state index in [9.17, 15) is 9.90 Å². The summed E-state index contributed by atoms with van der Waals surface area (Å²) in [4.78, 5) is 12.6. The van der Waals surface area contributed by atoms with E-state index < -0.39 is 0 Å². The average Bonchev–Trinajstić information content (AvgIpc) is 2.54. The first-order chi connectivity index (χ1) is 10.5. The second kappa shape index (κ2) is 5.37. The summed E-state index contributed by atoms with van der Waals surface area (Å²) in [5, 5.41) is 10.2. The van der Waals surface area contributed by atoms with E-state index in [-0.39, 0.29) is 24.1 Å². The fraction of sp³-hybridized carbons (Fsp3) is 0.278. The third-order valence-corrected chi connectivity index (χ3v) is 4.13. The summed E-state index contributed by atoms with van der Waals surface area (Å²) in [6.45, 7) is 3.49. The molecule has 0 spiro atoms. The first-order valence-electron chi connectivity index (χ1n) is 7.19. The van der Waals surface area contributed by atoms with Crippen LogP contribution in [0.4, 0.5) is 0 Å². The Morgan fingerprint density at radius 2 is 1.86 bits per heavy atom. The highest BCUT2D eigenvalue weighted by molar-refractivity contribution is 6.04. The number of ether oxygens (including phenoxy) is 2. The van der Waals surface area contributed by atoms with Gasteiger partial charge in [0, 0.05) is 11.1 Å². The maximum Gasteiger partial charge on any atom is 0.174 e. The van der Waals surface area contributed by atoms with Crippen LogP contribution in [0.25, 0.3) is 0 Å². The third kappa shape index (κ3) is 2.11. The molecule has 1 atom stereocenters. The van der Waals surface area contributed by atoms with Crippen molar-refractivity contribution < 1.29 is 19.4 Å². The van der Waals surface area contributed by atoms with E-state index in [2.05, 4.69) is 0 Å². The summed E-state index contributed by atoms with van der Waals surface area (Å²) in [6, 6.07) is 9.62. The molecule has 0 unspecified atom stereocenters. The van der Waals surface area contributed by atoms with Crippen molar-refractivity contribution in [1.29, 1.82) is 0 Å². The Hall–Kier alpha value is -2.49. The van der Waals surface area contributed by atoms with E-state index in [1.54, 1.807) is 13.8 Å². The van der Waals surface area contributed by atoms with E-state index >= 15 is 0 Å². The number of hydrogen-bond acceptors (Lipinski definition) is 4. The molecule has 3 rings (SSSR count). The first-order valence-corrected chi connectivity index (χ1v) is 7.19. The predicted octanol–water partition coefficient (Wildman–Crippen LogP) is 3.72. The van der Waals surface area contributed by atoms with E-state index in [0.29, 0.717) is 28.2 Å². The summed E-state index contributed by atoms with van der Waals surface area (Å²) in [5.74, 6) is 0.898. The number of benzene rings is 2. The van der Waals surface area contributed by atoms with Gasteiger partial charge in [-0.15, -0.1) is 0 Å². The summed E-state index contributed by atoms with van der Waals surface area (Å²) in [5.41, 5.74) is 2.51. The summed E-state index contributed by atoms with van der Waals surface area (Å²) >= 11 is 0. The molecule has 1 N–H and O–H groups in total. The first kappa shape index (κ1) is 14.4. The van der Waals surface area contributed by atoms with E-state index in [1.807, 2.05) is 30.3 Å². The van der Waals surface area contributed by atoms with Gasteiger partial charge in [-0.2, -0.15) is 0 Å². The Morgan fingerprint density at radius 1 is 1.18 bits per heavy atom. The molecule has 1 aliphatic heterocycles. The van der Waals surface area contributed by atoms with Crippen LogP contribution in [0.1, 0.15) is 39.6 Å². The minimum atomic E-state index is -0.341. The number of fused-ring (bicyclic) bond motifs is 1. The van der Waals surface area contributed by atoms with Crippen molar-refractivity contribution in [3.05, 3.63) is 52.6 Å². The number of methoxy groups -OCH3 is 1. The van der Waals surface area contributed by atoms with Gasteiger partial charge < -0.3 is 14.6 Å². The number of ketones is 1. The molecule has 4 nitrogen and oxygen atoms in total. The molecule has 1 heterocycles. The monoisotopic (exact) mass is 298 g/mol. The van der Waals surface area contributed by atoms with Gasteiger partial charge in [0.25, 0.3) is 0 Å². The van der Waals surface area contributed by atoms with Gasteiger partial charge in [0.1, 0.15) is 28.9 Å². The standard InChI is InChI=1S/C18H18O4/c1-10-16(20)11(2)18-15(17(10)21-3)13(19)9-14(22-18)12-7-5-4-6-8-12/h4-8,14,20H,9H2,1-3H3/t14-/m0/s1. The van der Waals surface area contributed by atoms with Gasteiger partial charge in [0.15, 0.2) is 5.78 Å². The molecule has 2 aromatic carbocycles. The molecular formula is C18H18O4. The Kier molecular flexibility index (Phi) is 3.53. The van der Waals surface area contributed by atoms with Crippen molar-refractivity contribution in [1.82, 2.24) is 0 Å². The van der Waals surface area contributed by atoms with Gasteiger partial charge in [0.05, 0.1) is 13.5 Å². The number of Topliss-reactive ketones (excluding diaryl/α,β-unsaturated/α-hetero) is 1. The Labute approximate surface area is 129 Å². The predicted molar refractivity (Wildman–Crippen MR) is 82.9 cm³/mol. The fourth-order valence-electron chi connectivity index (χ4n) is 2.94. The van der Waals surface area contributed by atoms with Crippen LogP contribution in [-0.2, 0) is 0 Å². The molecule has 0 saturated heterocycles. The molecule has 0 radical (unpaired) electrons. The fourth-order valence-corrected chi connectivity index (χ4v) is 2.94. The summed E-state index contributed by atoms with van der Waals surface area (Å²) < 4.78 is 11.4. The number of hydrogen-bond donors (Lipinski definition) is 1. The molecule has 114 valence electrons. The minimum Gasteiger partial charge on any atom is -0.507 e. The zero-order chi connectivity index (χ0) is 15.9. The molecule has 0 fully saturated rings. The van der Waals surface area contributed by atoms with Crippen LogP contribution >= 0.6 is 0 Å². The topological polar surface area (TPSA) is 55.8 Å². The molecule has 22 heavy (non-hydrogen) atoms. The molecule has 0 bridgehead atoms. The van der Waals surface area contributed by atoms with E-state index in [1.165, 1.54) is 7.11 Å². The molecule has 0 saturated carbocycles. The van der Waals surface area contributed by atoms with Gasteiger partial charge in [-0.05, 0) is 19.4 Å². The number of phenolic OH excluding ortho intramolecular Hbond substituents is 1. The Morgan fingerprint density at radius 3 is 2.50 bits per heavy atom. The van der Waals surface area contributed by atoms with E-state index in [0.717, 1.165) is 5.56 Å². The van der Waals surface area contributed by atoms with Gasteiger partial charge >= 0.3 is 0 Å². The lowest BCUT2D eigenvalue weighted by molar-refractivity contribution is 0.0842. The Balaban J connectivity index is 2.14. The second-order valence-corrected chi connectivity index (χ2v) is 5.48. The van der Waals surface area contributed by atoms with Gasteiger partial charge in [-0.1, -0.05) is 30.3 Å². The molecule has 0 amide bonds. The number of carbonyl (C=O) groups excluding carboxylic acids is 1. The van der Waals surface area contributed by atoms with Gasteiger partial charge in [-0.3, -0.25) is 4.79 Å². The van der Waals surface area contributed by atoms with Crippen LogP contribution in [0.5, 0.6) is 17.2 Å². The SMILES string of the molecule is COc1c(C)c(O)c(C)c2c1C(=O)C[C@@H](c1ccccc1)O2. The number of carbonyl (C=O) groups is 1. The van der Waals surface area contributed by atoms with Crippen molar-refractivity contribution in [3.8, 4) is 17.2 Å². The lowest BCUT2D eigenvalue weighted by Gasteiger charge is -2.29. The van der Waals surface area contributed by atoms with Crippen molar-refractivity contribution in [2.24, 2.45) is 0 Å². The van der Waals surface area contributed by atoms with Crippen molar-refractivity contribution in [2.45, 2.75) is 26.4 Å². The number of rotatable bonds is 2. The van der Waals surface area contributed by atoms with Crippen LogP contribution in [0.15, 0.2) is 30.3 Å². The molecule has 2 aromatic rings. The zero-order valence-corrected chi connectivity index (χ0v) is 12.8. The maximum atomic E-state index is 12.6. The summed E-state index contributed by atoms with van der Waals surface area (Å²) in [7, 11) is 1.49. The lowest BCUT2D eigenvalue weighted by Crippen LogP contribution is -2.22. The van der Waals surface area contributed by atoms with Crippen molar-refractivity contribution >= 4 is 5.78 Å². The number of aromatic hydroxyl groups is 1. The third-order valence-electron chi connectivity index (χ3n) is 4.13. The highest BCUT2D eigenvalue weighted by Gasteiger charge is 2.34. The number of phenols is 1. The second-order valence-electron chi connectivity index (χ2n) is 5.48. The van der Waals surface area contributed by atoms with Crippen LogP contribution in [0.3, 0.4) is 0 Å². The minimum absolute atomic E-state index is 0.0295. The largest absolute Gasteiger partial charge is 0.507 e. The van der Waals surface area contributed by atoms with Crippen LogP contribution < -0.4 is 9.47 Å². The highest BCUT2D eigenvalue weighted by atomic mass is 16.5. The molecule has 0 aliphatic carbocycles. The van der Waals surface area contributed by atoms with Crippen molar-refractivity contribution in [3.63, 3.8) is 0 Å². The summed E-state index contributed by atoms with van der Waals surface area (Å²) in [6.07, 6.45) is -0.0801. The van der Waals surface area contributed by atoms with E-state index in [4.69, 9.17) is 9.47 Å². The van der Waals surface area contributed by atoms with Crippen LogP contribution in [-0.4, -0.2) is 18.0 Å². The average molecular weight is 298 g/mol. The van der Waals surface area contributed by atoms with Gasteiger partial charge in [0.2, 0.25) is 0 Å². The highest BCUT2D eigenvalue weighted by Crippen LogP contribution is 2.47. The lowest BCUT2D eigenvalue weighted by atomic mass is 9.91. The normalized spacial score (nSPS) is 16.9. The zero-order valence-electron chi connectivity index (χ0n) is 12.8. The van der Waals surface area contributed by atoms with Crippen LogP contribution in [0, 0.1) is 13.8 Å². The molecular weight excluding hydrogens is 280 g/mol. The van der Waals surface area contributed by atoms with Crippen LogP contribution in [0.2, 0.25) is 0 Å². The Bertz CT molecular complexity index is 735. The quantitative estimate of drug-likeness (QED) is 0.918. The van der Waals surface area contributed by atoms with Crippen molar-refractivity contribution in [2.75, 3.05) is 7.11 Å². The molecule has 0 aromatic heterocycles. The smallest absolute Gasteiger partial charge is 0.174 e. The molecule has 1 aliphatic rings. The molecule has 4 heteroatoms. The maximum absolute atomic E-state index is 12.6. The van der Waals surface area contributed by atoms with Gasteiger partial charge in [-0.25, -0.2) is 0 Å².